The van der Waals surface area contributed by atoms with Gasteiger partial charge in [-0.05, 0) is 24.5 Å². The lowest BCUT2D eigenvalue weighted by Crippen LogP contribution is -2.17. The van der Waals surface area contributed by atoms with Gasteiger partial charge in [0.15, 0.2) is 0 Å². The summed E-state index contributed by atoms with van der Waals surface area (Å²) in [6, 6.07) is 8.51. The summed E-state index contributed by atoms with van der Waals surface area (Å²) in [4.78, 5) is 0. The van der Waals surface area contributed by atoms with Crippen LogP contribution in [0.4, 0.5) is 0 Å². The largest absolute Gasteiger partial charge is 0.328 e. The highest BCUT2D eigenvalue weighted by Gasteiger charge is 1.96. The Bertz CT molecular complexity index is 226. The fraction of sp³-hybridized carbons (Fsp3) is 0.400. The molecule has 0 aliphatic carbocycles. The minimum absolute atomic E-state index is 0.230. The maximum Gasteiger partial charge on any atom is 0.0178 e. The van der Waals surface area contributed by atoms with Crippen molar-refractivity contribution in [3.05, 3.63) is 35.4 Å². The second kappa shape index (κ2) is 4.24. The van der Waals surface area contributed by atoms with Gasteiger partial charge in [0.05, 0.1) is 0 Å². The normalized spacial score (nSPS) is 12.9. The number of rotatable bonds is 3. The van der Waals surface area contributed by atoms with E-state index >= 15 is 0 Å². The van der Waals surface area contributed by atoms with Gasteiger partial charge in [-0.25, -0.2) is 0 Å². The van der Waals surface area contributed by atoms with E-state index in [0.717, 1.165) is 6.42 Å². The van der Waals surface area contributed by atoms with Gasteiger partial charge in [0.2, 0.25) is 0 Å². The molecule has 0 heterocycles. The highest BCUT2D eigenvalue weighted by molar-refractivity contribution is 5.22. The monoisotopic (exact) mass is 164 g/mol. The van der Waals surface area contributed by atoms with Crippen LogP contribution in [0.25, 0.3) is 0 Å². The zero-order chi connectivity index (χ0) is 8.97. The Hall–Kier alpha value is -0.860. The standard InChI is InChI=1S/C10H16N2/c1-8(12)6-9-2-4-10(7-11)5-3-9/h2-5,8H,6-7,11-12H2,1H3/t8-/m0/s1. The van der Waals surface area contributed by atoms with Crippen LogP contribution in [0.5, 0.6) is 0 Å². The van der Waals surface area contributed by atoms with Gasteiger partial charge in [-0.2, -0.15) is 0 Å². The Balaban J connectivity index is 2.65. The van der Waals surface area contributed by atoms with Crippen LogP contribution in [-0.2, 0) is 13.0 Å². The Labute approximate surface area is 73.6 Å². The molecule has 2 nitrogen and oxygen atoms in total. The number of hydrogen-bond acceptors (Lipinski definition) is 2. The zero-order valence-corrected chi connectivity index (χ0v) is 7.46. The molecule has 0 saturated heterocycles. The third-order valence-corrected chi connectivity index (χ3v) is 1.82. The van der Waals surface area contributed by atoms with Gasteiger partial charge >= 0.3 is 0 Å². The van der Waals surface area contributed by atoms with Gasteiger partial charge < -0.3 is 11.5 Å². The van der Waals surface area contributed by atoms with Crippen molar-refractivity contribution in [2.75, 3.05) is 0 Å². The van der Waals surface area contributed by atoms with E-state index < -0.39 is 0 Å². The highest BCUT2D eigenvalue weighted by atomic mass is 14.6. The van der Waals surface area contributed by atoms with Crippen molar-refractivity contribution in [2.45, 2.75) is 25.9 Å². The fourth-order valence-corrected chi connectivity index (χ4v) is 1.18. The molecule has 0 spiro atoms. The molecule has 0 radical (unpaired) electrons. The molecule has 4 N–H and O–H groups in total. The van der Waals surface area contributed by atoms with E-state index in [2.05, 4.69) is 24.3 Å². The topological polar surface area (TPSA) is 52.0 Å². The molecule has 0 aromatic heterocycles. The fourth-order valence-electron chi connectivity index (χ4n) is 1.18. The van der Waals surface area contributed by atoms with Crippen molar-refractivity contribution in [3.8, 4) is 0 Å². The van der Waals surface area contributed by atoms with Crippen molar-refractivity contribution in [1.82, 2.24) is 0 Å². The van der Waals surface area contributed by atoms with E-state index in [1.165, 1.54) is 11.1 Å². The number of benzene rings is 1. The van der Waals surface area contributed by atoms with Gasteiger partial charge in [-0.1, -0.05) is 24.3 Å². The molecule has 1 rings (SSSR count). The third-order valence-electron chi connectivity index (χ3n) is 1.82. The van der Waals surface area contributed by atoms with Crippen molar-refractivity contribution < 1.29 is 0 Å². The maximum atomic E-state index is 5.67. The smallest absolute Gasteiger partial charge is 0.0178 e. The molecule has 66 valence electrons. The van der Waals surface area contributed by atoms with Crippen LogP contribution in [0, 0.1) is 0 Å². The average Bonchev–Trinajstić information content (AvgIpc) is 2.05. The molecule has 1 atom stereocenters. The summed E-state index contributed by atoms with van der Waals surface area (Å²) in [5, 5.41) is 0. The summed E-state index contributed by atoms with van der Waals surface area (Å²) in [7, 11) is 0. The molecule has 0 fully saturated rings. The van der Waals surface area contributed by atoms with E-state index in [1.807, 2.05) is 6.92 Å². The Kier molecular flexibility index (Phi) is 3.26. The first-order valence-corrected chi connectivity index (χ1v) is 4.26. The molecule has 12 heavy (non-hydrogen) atoms. The summed E-state index contributed by atoms with van der Waals surface area (Å²) < 4.78 is 0. The number of nitrogens with two attached hydrogens (primary N) is 2. The molecule has 1 aromatic rings. The summed E-state index contributed by atoms with van der Waals surface area (Å²) in [5.41, 5.74) is 13.6. The summed E-state index contributed by atoms with van der Waals surface area (Å²) in [5.74, 6) is 0. The average molecular weight is 164 g/mol. The van der Waals surface area contributed by atoms with Crippen LogP contribution in [0.2, 0.25) is 0 Å². The molecular weight excluding hydrogens is 148 g/mol. The number of hydrogen-bond donors (Lipinski definition) is 2. The van der Waals surface area contributed by atoms with Crippen molar-refractivity contribution in [3.63, 3.8) is 0 Å². The minimum Gasteiger partial charge on any atom is -0.328 e. The molecule has 0 aliphatic rings. The maximum absolute atomic E-state index is 5.67. The first-order chi connectivity index (χ1) is 5.72. The lowest BCUT2D eigenvalue weighted by molar-refractivity contribution is 0.738. The SMILES string of the molecule is C[C@H](N)Cc1ccc(CN)cc1. The molecule has 0 aliphatic heterocycles. The zero-order valence-electron chi connectivity index (χ0n) is 7.46. The van der Waals surface area contributed by atoms with Gasteiger partial charge in [0.25, 0.3) is 0 Å². The van der Waals surface area contributed by atoms with Crippen molar-refractivity contribution in [2.24, 2.45) is 11.5 Å². The van der Waals surface area contributed by atoms with Crippen LogP contribution in [0.3, 0.4) is 0 Å². The van der Waals surface area contributed by atoms with E-state index in [0.29, 0.717) is 6.54 Å². The first kappa shape index (κ1) is 9.23. The Morgan fingerprint density at radius 2 is 1.67 bits per heavy atom. The van der Waals surface area contributed by atoms with Gasteiger partial charge in [0, 0.05) is 12.6 Å². The second-order valence-electron chi connectivity index (χ2n) is 3.20. The Morgan fingerprint density at radius 1 is 1.17 bits per heavy atom. The molecule has 0 unspecified atom stereocenters. The van der Waals surface area contributed by atoms with Crippen molar-refractivity contribution >= 4 is 0 Å². The molecule has 0 bridgehead atoms. The Morgan fingerprint density at radius 3 is 2.08 bits per heavy atom. The predicted molar refractivity (Wildman–Crippen MR) is 51.7 cm³/mol. The van der Waals surface area contributed by atoms with Crippen LogP contribution in [-0.4, -0.2) is 6.04 Å². The lowest BCUT2D eigenvalue weighted by atomic mass is 10.1. The predicted octanol–water partition coefficient (Wildman–Crippen LogP) is 1.03. The highest BCUT2D eigenvalue weighted by Crippen LogP contribution is 2.05. The molecule has 2 heteroatoms. The van der Waals surface area contributed by atoms with Gasteiger partial charge in [0.1, 0.15) is 0 Å². The summed E-state index contributed by atoms with van der Waals surface area (Å²) in [6.45, 7) is 2.62. The van der Waals surface area contributed by atoms with E-state index in [-0.39, 0.29) is 6.04 Å². The van der Waals surface area contributed by atoms with E-state index in [4.69, 9.17) is 11.5 Å². The third kappa shape index (κ3) is 2.64. The van der Waals surface area contributed by atoms with Gasteiger partial charge in [-0.15, -0.1) is 0 Å². The first-order valence-electron chi connectivity index (χ1n) is 4.26. The van der Waals surface area contributed by atoms with Gasteiger partial charge in [-0.3, -0.25) is 0 Å². The van der Waals surface area contributed by atoms with Crippen LogP contribution in [0.15, 0.2) is 24.3 Å². The quantitative estimate of drug-likeness (QED) is 0.701. The molecule has 1 aromatic carbocycles. The molecule has 0 saturated carbocycles. The summed E-state index contributed by atoms with van der Waals surface area (Å²) >= 11 is 0. The van der Waals surface area contributed by atoms with E-state index in [1.54, 1.807) is 0 Å². The summed E-state index contributed by atoms with van der Waals surface area (Å²) in [6.07, 6.45) is 0.935. The molecule has 0 amide bonds. The van der Waals surface area contributed by atoms with Crippen LogP contribution in [0.1, 0.15) is 18.1 Å². The second-order valence-corrected chi connectivity index (χ2v) is 3.20. The minimum atomic E-state index is 0.230. The molecular formula is C10H16N2. The lowest BCUT2D eigenvalue weighted by Gasteiger charge is -2.05. The van der Waals surface area contributed by atoms with Crippen LogP contribution < -0.4 is 11.5 Å². The van der Waals surface area contributed by atoms with Crippen molar-refractivity contribution in [1.29, 1.82) is 0 Å². The van der Waals surface area contributed by atoms with Crippen LogP contribution >= 0.6 is 0 Å². The van der Waals surface area contributed by atoms with E-state index in [9.17, 15) is 0 Å².